The minimum Gasteiger partial charge on any atom is -0.466 e. The molecule has 1 saturated carbocycles. The number of hydrogen-bond donors (Lipinski definition) is 2. The summed E-state index contributed by atoms with van der Waals surface area (Å²) < 4.78 is 4.49. The summed E-state index contributed by atoms with van der Waals surface area (Å²) in [6, 6.07) is 0. The van der Waals surface area contributed by atoms with E-state index in [1.54, 1.807) is 0 Å². The maximum absolute atomic E-state index is 11.2. The zero-order chi connectivity index (χ0) is 10.8. The Morgan fingerprint density at radius 2 is 2.29 bits per heavy atom. The molecule has 14 heavy (non-hydrogen) atoms. The Morgan fingerprint density at radius 1 is 1.64 bits per heavy atom. The van der Waals surface area contributed by atoms with E-state index in [4.69, 9.17) is 0 Å². The van der Waals surface area contributed by atoms with Gasteiger partial charge in [0.2, 0.25) is 0 Å². The van der Waals surface area contributed by atoms with Crippen molar-refractivity contribution in [2.75, 3.05) is 7.11 Å². The van der Waals surface area contributed by atoms with Gasteiger partial charge in [-0.3, -0.25) is 0 Å². The van der Waals surface area contributed by atoms with E-state index in [2.05, 4.69) is 11.3 Å². The molecule has 1 aliphatic rings. The number of aliphatic hydroxyl groups excluding tert-OH is 1. The van der Waals surface area contributed by atoms with E-state index in [-0.39, 0.29) is 12.0 Å². The molecule has 0 saturated heterocycles. The Kier molecular flexibility index (Phi) is 3.29. The van der Waals surface area contributed by atoms with E-state index in [1.807, 2.05) is 0 Å². The standard InChI is InChI=1S/C10H16O4/c1-7(9(12)14-2)10(13)5-3-4-8(11)6-10/h8,11,13H,1,3-6H2,2H3. The fourth-order valence-corrected chi connectivity index (χ4v) is 1.81. The van der Waals surface area contributed by atoms with Crippen molar-refractivity contribution < 1.29 is 19.7 Å². The molecule has 0 heterocycles. The maximum Gasteiger partial charge on any atom is 0.336 e. The molecule has 1 rings (SSSR count). The largest absolute Gasteiger partial charge is 0.466 e. The van der Waals surface area contributed by atoms with Gasteiger partial charge < -0.3 is 14.9 Å². The number of rotatable bonds is 2. The van der Waals surface area contributed by atoms with Crippen LogP contribution in [-0.2, 0) is 9.53 Å². The molecule has 1 aliphatic carbocycles. The molecule has 0 bridgehead atoms. The lowest BCUT2D eigenvalue weighted by Crippen LogP contribution is -2.41. The first-order valence-corrected chi connectivity index (χ1v) is 4.68. The van der Waals surface area contributed by atoms with Gasteiger partial charge in [-0.25, -0.2) is 4.79 Å². The summed E-state index contributed by atoms with van der Waals surface area (Å²) in [5, 5.41) is 19.4. The molecule has 2 unspecified atom stereocenters. The maximum atomic E-state index is 11.2. The van der Waals surface area contributed by atoms with Gasteiger partial charge in [-0.2, -0.15) is 0 Å². The highest BCUT2D eigenvalue weighted by molar-refractivity contribution is 5.89. The Labute approximate surface area is 83.2 Å². The van der Waals surface area contributed by atoms with Crippen molar-refractivity contribution in [1.29, 1.82) is 0 Å². The Morgan fingerprint density at radius 3 is 2.79 bits per heavy atom. The molecule has 0 aliphatic heterocycles. The molecule has 4 nitrogen and oxygen atoms in total. The van der Waals surface area contributed by atoms with Crippen molar-refractivity contribution in [3.8, 4) is 0 Å². The molecule has 2 N–H and O–H groups in total. The predicted molar refractivity (Wildman–Crippen MR) is 50.6 cm³/mol. The quantitative estimate of drug-likeness (QED) is 0.499. The number of methoxy groups -OCH3 is 1. The van der Waals surface area contributed by atoms with Crippen molar-refractivity contribution in [3.05, 3.63) is 12.2 Å². The highest BCUT2D eigenvalue weighted by Crippen LogP contribution is 2.33. The summed E-state index contributed by atoms with van der Waals surface area (Å²) in [5.41, 5.74) is -1.25. The van der Waals surface area contributed by atoms with E-state index >= 15 is 0 Å². The monoisotopic (exact) mass is 200 g/mol. The Balaban J connectivity index is 2.73. The summed E-state index contributed by atoms with van der Waals surface area (Å²) in [5.74, 6) is -0.610. The van der Waals surface area contributed by atoms with Gasteiger partial charge in [0.05, 0.1) is 24.4 Å². The highest BCUT2D eigenvalue weighted by Gasteiger charge is 2.39. The van der Waals surface area contributed by atoms with Crippen LogP contribution in [0.15, 0.2) is 12.2 Å². The van der Waals surface area contributed by atoms with Crippen LogP contribution >= 0.6 is 0 Å². The Hall–Kier alpha value is -0.870. The molecule has 2 atom stereocenters. The van der Waals surface area contributed by atoms with Crippen LogP contribution < -0.4 is 0 Å². The molecule has 0 amide bonds. The van der Waals surface area contributed by atoms with E-state index in [0.717, 1.165) is 0 Å². The van der Waals surface area contributed by atoms with Gasteiger partial charge in [0.25, 0.3) is 0 Å². The molecule has 4 heteroatoms. The van der Waals surface area contributed by atoms with E-state index in [1.165, 1.54) is 7.11 Å². The van der Waals surface area contributed by atoms with Gasteiger partial charge >= 0.3 is 5.97 Å². The van der Waals surface area contributed by atoms with Gasteiger partial charge in [0, 0.05) is 6.42 Å². The number of hydrogen-bond acceptors (Lipinski definition) is 4. The topological polar surface area (TPSA) is 66.8 Å². The zero-order valence-corrected chi connectivity index (χ0v) is 8.32. The second-order valence-electron chi connectivity index (χ2n) is 3.75. The van der Waals surface area contributed by atoms with E-state index in [0.29, 0.717) is 19.3 Å². The second-order valence-corrected chi connectivity index (χ2v) is 3.75. The van der Waals surface area contributed by atoms with Gasteiger partial charge in [-0.05, 0) is 19.3 Å². The van der Waals surface area contributed by atoms with Crippen molar-refractivity contribution in [2.45, 2.75) is 37.4 Å². The van der Waals surface area contributed by atoms with Crippen LogP contribution in [0.4, 0.5) is 0 Å². The molecule has 0 aromatic carbocycles. The van der Waals surface area contributed by atoms with Crippen LogP contribution in [0.1, 0.15) is 25.7 Å². The van der Waals surface area contributed by atoms with Crippen molar-refractivity contribution in [1.82, 2.24) is 0 Å². The van der Waals surface area contributed by atoms with Crippen molar-refractivity contribution >= 4 is 5.97 Å². The smallest absolute Gasteiger partial charge is 0.336 e. The van der Waals surface area contributed by atoms with Crippen molar-refractivity contribution in [2.24, 2.45) is 0 Å². The lowest BCUT2D eigenvalue weighted by molar-refractivity contribution is -0.139. The minimum absolute atomic E-state index is 0.0405. The van der Waals surface area contributed by atoms with Crippen LogP contribution in [-0.4, -0.2) is 35.0 Å². The summed E-state index contributed by atoms with van der Waals surface area (Å²) in [4.78, 5) is 11.2. The molecule has 0 aromatic rings. The average molecular weight is 200 g/mol. The summed E-state index contributed by atoms with van der Waals surface area (Å²) in [7, 11) is 1.25. The van der Waals surface area contributed by atoms with Gasteiger partial charge in [0.15, 0.2) is 0 Å². The van der Waals surface area contributed by atoms with Crippen LogP contribution in [0.5, 0.6) is 0 Å². The molecular weight excluding hydrogens is 184 g/mol. The molecular formula is C10H16O4. The van der Waals surface area contributed by atoms with Gasteiger partial charge in [0.1, 0.15) is 0 Å². The fraction of sp³-hybridized carbons (Fsp3) is 0.700. The third-order valence-corrected chi connectivity index (χ3v) is 2.69. The average Bonchev–Trinajstić information content (AvgIpc) is 2.15. The SMILES string of the molecule is C=C(C(=O)OC)C1(O)CCCC(O)C1. The Bertz CT molecular complexity index is 249. The first kappa shape index (κ1) is 11.2. The van der Waals surface area contributed by atoms with Gasteiger partial charge in [-0.1, -0.05) is 6.58 Å². The number of aliphatic hydroxyl groups is 2. The van der Waals surface area contributed by atoms with E-state index < -0.39 is 17.7 Å². The lowest BCUT2D eigenvalue weighted by Gasteiger charge is -2.35. The second kappa shape index (κ2) is 4.11. The van der Waals surface area contributed by atoms with Gasteiger partial charge in [-0.15, -0.1) is 0 Å². The number of esters is 1. The van der Waals surface area contributed by atoms with Crippen LogP contribution in [0.2, 0.25) is 0 Å². The molecule has 0 spiro atoms. The fourth-order valence-electron chi connectivity index (χ4n) is 1.81. The molecule has 80 valence electrons. The van der Waals surface area contributed by atoms with E-state index in [9.17, 15) is 15.0 Å². The van der Waals surface area contributed by atoms with Crippen LogP contribution in [0, 0.1) is 0 Å². The molecule has 0 aromatic heterocycles. The normalized spacial score (nSPS) is 32.4. The summed E-state index contributed by atoms with van der Waals surface area (Å²) >= 11 is 0. The first-order chi connectivity index (χ1) is 6.49. The zero-order valence-electron chi connectivity index (χ0n) is 8.32. The highest BCUT2D eigenvalue weighted by atomic mass is 16.5. The minimum atomic E-state index is -1.29. The van der Waals surface area contributed by atoms with Crippen molar-refractivity contribution in [3.63, 3.8) is 0 Å². The third kappa shape index (κ3) is 2.13. The predicted octanol–water partition coefficient (Wildman–Crippen LogP) is 0.382. The number of ether oxygens (including phenoxy) is 1. The number of carbonyl (C=O) groups excluding carboxylic acids is 1. The van der Waals surface area contributed by atoms with Crippen LogP contribution in [0.25, 0.3) is 0 Å². The molecule has 1 fully saturated rings. The third-order valence-electron chi connectivity index (χ3n) is 2.69. The summed E-state index contributed by atoms with van der Waals surface area (Å²) in [6.07, 6.45) is 1.42. The first-order valence-electron chi connectivity index (χ1n) is 4.68. The summed E-state index contributed by atoms with van der Waals surface area (Å²) in [6.45, 7) is 3.52. The number of carbonyl (C=O) groups is 1. The van der Waals surface area contributed by atoms with Crippen LogP contribution in [0.3, 0.4) is 0 Å². The lowest BCUT2D eigenvalue weighted by atomic mass is 9.78. The molecule has 0 radical (unpaired) electrons.